The van der Waals surface area contributed by atoms with Crippen molar-refractivity contribution < 1.29 is 0 Å². The van der Waals surface area contributed by atoms with Crippen LogP contribution in [0.2, 0.25) is 0 Å². The van der Waals surface area contributed by atoms with E-state index in [1.807, 2.05) is 13.8 Å². The Morgan fingerprint density at radius 3 is 2.00 bits per heavy atom. The molecule has 0 fully saturated rings. The molecule has 5 rings (SSSR count). The van der Waals surface area contributed by atoms with Gasteiger partial charge in [-0.2, -0.15) is 0 Å². The topological polar surface area (TPSA) is 0 Å². The molecular formula is C33H35B. The van der Waals surface area contributed by atoms with Crippen LogP contribution in [0.15, 0.2) is 114 Å². The summed E-state index contributed by atoms with van der Waals surface area (Å²) in [5.41, 5.74) is 9.46. The van der Waals surface area contributed by atoms with Crippen LogP contribution >= 0.6 is 0 Å². The van der Waals surface area contributed by atoms with E-state index in [9.17, 15) is 0 Å². The first-order valence-corrected chi connectivity index (χ1v) is 12.6. The summed E-state index contributed by atoms with van der Waals surface area (Å²) in [5, 5.41) is 2.65. The highest BCUT2D eigenvalue weighted by molar-refractivity contribution is 6.91. The summed E-state index contributed by atoms with van der Waals surface area (Å²) in [6.45, 7) is 11.0. The number of hydrogen-bond donors (Lipinski definition) is 0. The van der Waals surface area contributed by atoms with Gasteiger partial charge in [0.1, 0.15) is 0 Å². The summed E-state index contributed by atoms with van der Waals surface area (Å²) in [6.07, 6.45) is 6.02. The van der Waals surface area contributed by atoms with Crippen LogP contribution in [0.25, 0.3) is 21.9 Å². The summed E-state index contributed by atoms with van der Waals surface area (Å²) < 4.78 is 0. The van der Waals surface area contributed by atoms with Gasteiger partial charge in [-0.3, -0.25) is 0 Å². The van der Waals surface area contributed by atoms with E-state index in [0.29, 0.717) is 5.92 Å². The summed E-state index contributed by atoms with van der Waals surface area (Å²) in [6, 6.07) is 33.4. The minimum atomic E-state index is 0.263. The molecular weight excluding hydrogens is 407 g/mol. The first-order chi connectivity index (χ1) is 16.6. The number of benzene rings is 4. The molecule has 34 heavy (non-hydrogen) atoms. The van der Waals surface area contributed by atoms with E-state index >= 15 is 0 Å². The molecule has 0 aliphatic heterocycles. The van der Waals surface area contributed by atoms with E-state index in [2.05, 4.69) is 124 Å². The molecule has 4 aromatic rings. The second-order valence-electron chi connectivity index (χ2n) is 9.16. The van der Waals surface area contributed by atoms with Crippen molar-refractivity contribution >= 4 is 28.4 Å². The van der Waals surface area contributed by atoms with E-state index in [4.69, 9.17) is 0 Å². The molecule has 0 radical (unpaired) electrons. The van der Waals surface area contributed by atoms with Crippen molar-refractivity contribution in [2.24, 2.45) is 5.92 Å². The Hall–Kier alpha value is -3.32. The van der Waals surface area contributed by atoms with Crippen molar-refractivity contribution in [3.63, 3.8) is 0 Å². The second-order valence-corrected chi connectivity index (χ2v) is 9.16. The van der Waals surface area contributed by atoms with E-state index in [1.165, 1.54) is 49.4 Å². The summed E-state index contributed by atoms with van der Waals surface area (Å²) in [4.78, 5) is 0. The molecule has 0 heterocycles. The Morgan fingerprint density at radius 1 is 0.676 bits per heavy atom. The minimum absolute atomic E-state index is 0.263. The molecule has 0 saturated heterocycles. The van der Waals surface area contributed by atoms with Crippen LogP contribution in [0.1, 0.15) is 39.7 Å². The van der Waals surface area contributed by atoms with Crippen LogP contribution in [0.3, 0.4) is 0 Å². The average Bonchev–Trinajstić information content (AvgIpc) is 2.89. The molecule has 1 unspecified atom stereocenters. The molecule has 170 valence electrons. The standard InChI is InChI=1S/C31H29B.C2H6/c1-22-13-14-24(3)31(21-22)32(26-9-5-4-6-10-26)27-18-16-25(17-19-27)29-20-15-23(2)28-11-7-8-12-30(28)29;1-2/h4-12,14-22H,13H2,1-3H3;1-2H3. The Kier molecular flexibility index (Phi) is 7.53. The lowest BCUT2D eigenvalue weighted by molar-refractivity contribution is 0.728. The number of aryl methyl sites for hydroxylation is 1. The molecule has 1 aliphatic carbocycles. The van der Waals surface area contributed by atoms with Gasteiger partial charge in [0.25, 0.3) is 0 Å². The Balaban J connectivity index is 0.00000133. The van der Waals surface area contributed by atoms with Crippen LogP contribution < -0.4 is 10.9 Å². The maximum Gasteiger partial charge on any atom is 0.241 e. The van der Waals surface area contributed by atoms with Crippen molar-refractivity contribution in [2.75, 3.05) is 0 Å². The number of hydrogen-bond acceptors (Lipinski definition) is 0. The van der Waals surface area contributed by atoms with Gasteiger partial charge >= 0.3 is 0 Å². The SMILES string of the molecule is CC.CC1=CCC(C)C=C1B(c1ccccc1)c1ccc(-c2ccc(C)c3ccccc23)cc1. The van der Waals surface area contributed by atoms with Crippen LogP contribution in [0.5, 0.6) is 0 Å². The Bertz CT molecular complexity index is 1310. The molecule has 0 N–H and O–H groups in total. The summed E-state index contributed by atoms with van der Waals surface area (Å²) >= 11 is 0. The highest BCUT2D eigenvalue weighted by Gasteiger charge is 2.26. The monoisotopic (exact) mass is 442 g/mol. The summed E-state index contributed by atoms with van der Waals surface area (Å²) in [5.74, 6) is 0.582. The van der Waals surface area contributed by atoms with E-state index < -0.39 is 0 Å². The fourth-order valence-electron chi connectivity index (χ4n) is 5.06. The molecule has 0 amide bonds. The van der Waals surface area contributed by atoms with Crippen molar-refractivity contribution in [3.05, 3.63) is 120 Å². The zero-order chi connectivity index (χ0) is 24.1. The molecule has 1 atom stereocenters. The lowest BCUT2D eigenvalue weighted by Gasteiger charge is -2.24. The lowest BCUT2D eigenvalue weighted by atomic mass is 9.34. The van der Waals surface area contributed by atoms with Gasteiger partial charge in [0.2, 0.25) is 6.71 Å². The number of fused-ring (bicyclic) bond motifs is 1. The molecule has 1 aliphatic rings. The van der Waals surface area contributed by atoms with Gasteiger partial charge in [0.05, 0.1) is 0 Å². The van der Waals surface area contributed by atoms with Gasteiger partial charge < -0.3 is 0 Å². The van der Waals surface area contributed by atoms with Gasteiger partial charge in [-0.05, 0) is 53.6 Å². The third kappa shape index (κ3) is 4.80. The normalized spacial score (nSPS) is 15.1. The molecule has 4 aromatic carbocycles. The zero-order valence-electron chi connectivity index (χ0n) is 21.2. The van der Waals surface area contributed by atoms with Crippen LogP contribution in [0.4, 0.5) is 0 Å². The second kappa shape index (κ2) is 10.7. The zero-order valence-corrected chi connectivity index (χ0v) is 21.2. The van der Waals surface area contributed by atoms with Crippen LogP contribution in [0, 0.1) is 12.8 Å². The van der Waals surface area contributed by atoms with Gasteiger partial charge in [0.15, 0.2) is 0 Å². The smallest absolute Gasteiger partial charge is 0.0858 e. The minimum Gasteiger partial charge on any atom is -0.0858 e. The Labute approximate surface area is 206 Å². The van der Waals surface area contributed by atoms with Gasteiger partial charge in [-0.1, -0.05) is 146 Å². The third-order valence-corrected chi connectivity index (χ3v) is 6.86. The third-order valence-electron chi connectivity index (χ3n) is 6.86. The van der Waals surface area contributed by atoms with E-state index in [0.717, 1.165) is 6.42 Å². The highest BCUT2D eigenvalue weighted by Crippen LogP contribution is 2.31. The number of allylic oxidation sites excluding steroid dienone is 4. The van der Waals surface area contributed by atoms with E-state index in [-0.39, 0.29) is 6.71 Å². The highest BCUT2D eigenvalue weighted by atomic mass is 14.1. The molecule has 0 saturated carbocycles. The maximum absolute atomic E-state index is 2.48. The van der Waals surface area contributed by atoms with Gasteiger partial charge in [-0.15, -0.1) is 0 Å². The predicted molar refractivity (Wildman–Crippen MR) is 153 cm³/mol. The van der Waals surface area contributed by atoms with Crippen molar-refractivity contribution in [1.82, 2.24) is 0 Å². The predicted octanol–water partition coefficient (Wildman–Crippen LogP) is 7.90. The van der Waals surface area contributed by atoms with Crippen molar-refractivity contribution in [1.29, 1.82) is 0 Å². The Morgan fingerprint density at radius 2 is 1.29 bits per heavy atom. The quantitative estimate of drug-likeness (QED) is 0.282. The fraction of sp³-hybridized carbons (Fsp3) is 0.212. The molecule has 0 bridgehead atoms. The van der Waals surface area contributed by atoms with Crippen molar-refractivity contribution in [3.8, 4) is 11.1 Å². The van der Waals surface area contributed by atoms with Crippen LogP contribution in [-0.4, -0.2) is 6.71 Å². The number of rotatable bonds is 4. The lowest BCUT2D eigenvalue weighted by Crippen LogP contribution is -2.45. The average molecular weight is 442 g/mol. The molecule has 0 nitrogen and oxygen atoms in total. The van der Waals surface area contributed by atoms with E-state index in [1.54, 1.807) is 0 Å². The first kappa shape index (κ1) is 23.8. The molecule has 1 heteroatoms. The fourth-order valence-corrected chi connectivity index (χ4v) is 5.06. The van der Waals surface area contributed by atoms with Gasteiger partial charge in [0, 0.05) is 0 Å². The molecule has 0 aromatic heterocycles. The van der Waals surface area contributed by atoms with Gasteiger partial charge in [-0.25, -0.2) is 0 Å². The largest absolute Gasteiger partial charge is 0.241 e. The first-order valence-electron chi connectivity index (χ1n) is 12.6. The van der Waals surface area contributed by atoms with Crippen LogP contribution in [-0.2, 0) is 0 Å². The van der Waals surface area contributed by atoms with Crippen molar-refractivity contribution in [2.45, 2.75) is 41.0 Å². The molecule has 0 spiro atoms. The maximum atomic E-state index is 2.48. The summed E-state index contributed by atoms with van der Waals surface area (Å²) in [7, 11) is 0.